The fourth-order valence-electron chi connectivity index (χ4n) is 3.50. The van der Waals surface area contributed by atoms with Crippen molar-refractivity contribution in [2.45, 2.75) is 25.0 Å². The largest absolute Gasteiger partial charge is 0.458 e. The third-order valence-corrected chi connectivity index (χ3v) is 8.81. The lowest BCUT2D eigenvalue weighted by molar-refractivity contribution is -0.467. The van der Waals surface area contributed by atoms with E-state index in [1.54, 1.807) is 37.3 Å². The molecule has 16 nitrogen and oxygen atoms in total. The Morgan fingerprint density at radius 2 is 1.29 bits per heavy atom. The Kier molecular flexibility index (Phi) is 15.0. The molecule has 0 bridgehead atoms. The van der Waals surface area contributed by atoms with Crippen molar-refractivity contribution in [1.82, 2.24) is 5.32 Å². The van der Waals surface area contributed by atoms with Crippen LogP contribution in [0.15, 0.2) is 70.4 Å². The minimum Gasteiger partial charge on any atom is -0.356 e. The Bertz CT molecular complexity index is 1470. The molecule has 2 aromatic rings. The first-order valence-electron chi connectivity index (χ1n) is 13.6. The quantitative estimate of drug-likeness (QED) is 0.118. The molecule has 11 N–H and O–H groups in total. The van der Waals surface area contributed by atoms with E-state index in [9.17, 15) is 9.13 Å². The highest BCUT2D eigenvalue weighted by Crippen LogP contribution is 2.60. The molecule has 2 heterocycles. The van der Waals surface area contributed by atoms with Gasteiger partial charge in [-0.05, 0) is 16.1 Å². The third kappa shape index (κ3) is 14.0. The Morgan fingerprint density at radius 3 is 1.71 bits per heavy atom. The molecule has 2 aliphatic rings. The van der Waals surface area contributed by atoms with Crippen LogP contribution < -0.4 is 34.0 Å². The van der Waals surface area contributed by atoms with Crippen LogP contribution in [0.2, 0.25) is 0 Å². The third-order valence-electron chi connectivity index (χ3n) is 5.79. The second-order valence-electron chi connectivity index (χ2n) is 9.83. The number of nitrogens with one attached hydrogen (secondary N) is 1. The van der Waals surface area contributed by atoms with Gasteiger partial charge in [0.05, 0.1) is 53.6 Å². The molecular formula is C26H43ClN10O6P2+2. The molecule has 2 aliphatic heterocycles. The number of nitrogens with two attached hydrogens (primary N) is 5. The van der Waals surface area contributed by atoms with Crippen molar-refractivity contribution in [2.75, 3.05) is 41.4 Å². The molecule has 248 valence electrons. The van der Waals surface area contributed by atoms with Gasteiger partial charge in [-0.2, -0.15) is 0 Å². The van der Waals surface area contributed by atoms with Crippen molar-refractivity contribution >= 4 is 49.8 Å². The van der Waals surface area contributed by atoms with E-state index in [0.29, 0.717) is 25.4 Å². The molecule has 0 spiro atoms. The van der Waals surface area contributed by atoms with E-state index in [0.717, 1.165) is 11.1 Å². The monoisotopic (exact) mass is 688 g/mol. The summed E-state index contributed by atoms with van der Waals surface area (Å²) in [6, 6.07) is 19.1. The normalized spacial score (nSPS) is 24.3. The fourth-order valence-corrected chi connectivity index (χ4v) is 6.27. The second kappa shape index (κ2) is 17.9. The summed E-state index contributed by atoms with van der Waals surface area (Å²) in [5.41, 5.74) is 28.7. The van der Waals surface area contributed by atoms with Gasteiger partial charge in [0, 0.05) is 24.1 Å². The lowest BCUT2D eigenvalue weighted by Crippen LogP contribution is -2.45. The Balaban J connectivity index is 0.000000262. The molecule has 45 heavy (non-hydrogen) atoms. The van der Waals surface area contributed by atoms with Crippen LogP contribution >= 0.6 is 25.9 Å². The number of halogens is 1. The van der Waals surface area contributed by atoms with Crippen LogP contribution in [0, 0.1) is 0 Å². The maximum Gasteiger partial charge on any atom is 0.458 e. The van der Waals surface area contributed by atoms with Gasteiger partial charge in [-0.25, -0.2) is 14.4 Å². The van der Waals surface area contributed by atoms with E-state index in [2.05, 4.69) is 15.1 Å². The minimum absolute atomic E-state index is 0.0267. The molecule has 4 unspecified atom stereocenters. The zero-order valence-electron chi connectivity index (χ0n) is 25.7. The number of hydrogen-bond donors (Lipinski definition) is 6. The van der Waals surface area contributed by atoms with Crippen LogP contribution in [0.4, 0.5) is 0 Å². The molecule has 19 heteroatoms. The van der Waals surface area contributed by atoms with Crippen molar-refractivity contribution in [3.8, 4) is 0 Å². The van der Waals surface area contributed by atoms with Crippen LogP contribution in [0.3, 0.4) is 0 Å². The van der Waals surface area contributed by atoms with E-state index in [1.165, 1.54) is 0 Å². The molecular weight excluding hydrogens is 646 g/mol. The maximum atomic E-state index is 12.6. The SMILES string of the molecule is C[N+](C)=C(N)N=C(N)N.C[N+](C)=C(N)NC(N)=NP1(=O)OCCC(c2ccccc2)O1.O=P1(Cl)OCCC(c2ccccc2)O1. The Morgan fingerprint density at radius 1 is 0.800 bits per heavy atom. The highest BCUT2D eigenvalue weighted by molar-refractivity contribution is 7.81. The summed E-state index contributed by atoms with van der Waals surface area (Å²) >= 11 is 5.53. The van der Waals surface area contributed by atoms with Gasteiger partial charge >= 0.3 is 26.6 Å². The van der Waals surface area contributed by atoms with Crippen LogP contribution in [0.5, 0.6) is 0 Å². The molecule has 4 rings (SSSR count). The number of rotatable bonds is 3. The average Bonchev–Trinajstić information content (AvgIpc) is 2.97. The van der Waals surface area contributed by atoms with E-state index in [1.807, 2.05) is 60.7 Å². The predicted octanol–water partition coefficient (Wildman–Crippen LogP) is 2.12. The van der Waals surface area contributed by atoms with E-state index in [-0.39, 0.29) is 36.7 Å². The maximum absolute atomic E-state index is 12.6. The first-order valence-corrected chi connectivity index (χ1v) is 17.5. The van der Waals surface area contributed by atoms with Gasteiger partial charge in [-0.15, -0.1) is 4.76 Å². The molecule has 0 aromatic heterocycles. The second-order valence-corrected chi connectivity index (χ2v) is 14.0. The highest BCUT2D eigenvalue weighted by Gasteiger charge is 2.35. The van der Waals surface area contributed by atoms with Crippen molar-refractivity contribution in [1.29, 1.82) is 0 Å². The number of aliphatic imine (C=N–C) groups is 1. The fraction of sp³-hybridized carbons (Fsp3) is 0.385. The average molecular weight is 689 g/mol. The number of guanidine groups is 4. The van der Waals surface area contributed by atoms with Crippen LogP contribution in [0.1, 0.15) is 36.2 Å². The van der Waals surface area contributed by atoms with Gasteiger partial charge in [0.25, 0.3) is 11.9 Å². The molecule has 2 fully saturated rings. The predicted molar refractivity (Wildman–Crippen MR) is 176 cm³/mol. The van der Waals surface area contributed by atoms with E-state index < -0.39 is 14.7 Å². The van der Waals surface area contributed by atoms with E-state index in [4.69, 9.17) is 58.0 Å². The molecule has 0 saturated carbocycles. The number of hydrogen-bond acceptors (Lipinski definition) is 6. The minimum atomic E-state index is -3.66. The summed E-state index contributed by atoms with van der Waals surface area (Å²) in [5, 5.41) is 2.62. The summed E-state index contributed by atoms with van der Waals surface area (Å²) in [5.74, 6) is 0.420. The molecule has 0 amide bonds. The van der Waals surface area contributed by atoms with Gasteiger partial charge in [0.15, 0.2) is 0 Å². The zero-order valence-corrected chi connectivity index (χ0v) is 28.2. The van der Waals surface area contributed by atoms with Gasteiger partial charge in [-0.3, -0.25) is 38.7 Å². The standard InChI is InChI=1S/C13H20N5O3P.C9H10ClO3P.C4H11N5/c1-18(2)13(15)16-12(14)17-22(19)20-9-8-11(21-22)10-6-4-3-5-7-10;10-14(11)12-7-6-9(13-14)8-4-2-1-3-5-8;1-9(2)4(7)8-3(5)6/h3-7,11H,8-9H2,1-2H3,(H4,14,15,16,17,19);1-5,9H,6-7H2;1-2H3,(H5,5,6,7,8)/p+2. The van der Waals surface area contributed by atoms with Crippen LogP contribution in [0.25, 0.3) is 0 Å². The summed E-state index contributed by atoms with van der Waals surface area (Å²) in [6.45, 7) is -2.68. The van der Waals surface area contributed by atoms with E-state index >= 15 is 0 Å². The van der Waals surface area contributed by atoms with Crippen molar-refractivity contribution in [2.24, 2.45) is 38.4 Å². The number of benzene rings is 2. The van der Waals surface area contributed by atoms with Gasteiger partial charge in [-0.1, -0.05) is 60.7 Å². The van der Waals surface area contributed by atoms with Gasteiger partial charge in [0.1, 0.15) is 0 Å². The molecule has 0 radical (unpaired) electrons. The lowest BCUT2D eigenvalue weighted by Gasteiger charge is -2.27. The highest BCUT2D eigenvalue weighted by atomic mass is 35.7. The van der Waals surface area contributed by atoms with Crippen LogP contribution in [-0.4, -0.2) is 74.4 Å². The first kappa shape index (κ1) is 37.7. The summed E-state index contributed by atoms with van der Waals surface area (Å²) < 4.78 is 51.7. The summed E-state index contributed by atoms with van der Waals surface area (Å²) in [4.78, 5) is 3.57. The molecule has 0 aliphatic carbocycles. The van der Waals surface area contributed by atoms with Crippen molar-refractivity contribution < 1.29 is 36.4 Å². The lowest BCUT2D eigenvalue weighted by atomic mass is 10.1. The zero-order chi connectivity index (χ0) is 33.6. The molecule has 2 aromatic carbocycles. The molecule has 4 atom stereocenters. The first-order chi connectivity index (χ1) is 21.1. The summed E-state index contributed by atoms with van der Waals surface area (Å²) in [6.07, 6.45) is 0.726. The van der Waals surface area contributed by atoms with Crippen LogP contribution in [-0.2, 0) is 27.2 Å². The number of nitrogens with zero attached hydrogens (tertiary/aromatic N) is 4. The van der Waals surface area contributed by atoms with Crippen molar-refractivity contribution in [3.05, 3.63) is 71.8 Å². The smallest absolute Gasteiger partial charge is 0.356 e. The van der Waals surface area contributed by atoms with Crippen molar-refractivity contribution in [3.63, 3.8) is 0 Å². The molecule has 2 saturated heterocycles. The topological polar surface area (TPSA) is 244 Å². The summed E-state index contributed by atoms with van der Waals surface area (Å²) in [7, 11) is 3.30. The Labute approximate surface area is 267 Å². The Hall–Kier alpha value is -3.49. The van der Waals surface area contributed by atoms with Gasteiger partial charge < -0.3 is 17.2 Å². The van der Waals surface area contributed by atoms with Gasteiger partial charge in [0.2, 0.25) is 0 Å².